The summed E-state index contributed by atoms with van der Waals surface area (Å²) in [7, 11) is 13.0. The zero-order valence-corrected chi connectivity index (χ0v) is 34.8. The van der Waals surface area contributed by atoms with E-state index in [1.165, 1.54) is 0 Å². The van der Waals surface area contributed by atoms with Crippen LogP contribution in [0.2, 0.25) is 0 Å². The SMILES string of the molecule is C=CCOc1cccc(N=Cc2cc(OC)cc(C(C)(C)C)c2O)c1.C=CCOc1cccc(N=Cc2cc(OC)cc(C(C)(C)C)c2O)c1.[Cl][Ti][Cl]. The summed E-state index contributed by atoms with van der Waals surface area (Å²) in [5.74, 6) is 3.26. The minimum atomic E-state index is -0.556. The van der Waals surface area contributed by atoms with Crippen LogP contribution in [0.25, 0.3) is 0 Å². The molecule has 0 atom stereocenters. The van der Waals surface area contributed by atoms with Crippen LogP contribution in [-0.4, -0.2) is 50.1 Å². The summed E-state index contributed by atoms with van der Waals surface area (Å²) >= 11 is -0.556. The fraction of sp³-hybridized carbons (Fsp3) is 0.286. The number of phenols is 2. The number of rotatable bonds is 12. The molecule has 0 spiro atoms. The van der Waals surface area contributed by atoms with Gasteiger partial charge in [-0.1, -0.05) is 79.0 Å². The van der Waals surface area contributed by atoms with Crippen molar-refractivity contribution in [1.82, 2.24) is 0 Å². The van der Waals surface area contributed by atoms with Crippen LogP contribution in [0.15, 0.2) is 108 Å². The van der Waals surface area contributed by atoms with Crippen LogP contribution in [0.4, 0.5) is 11.4 Å². The van der Waals surface area contributed by atoms with Gasteiger partial charge >= 0.3 is 35.6 Å². The molecule has 0 aliphatic rings. The van der Waals surface area contributed by atoms with Crippen molar-refractivity contribution in [2.75, 3.05) is 27.4 Å². The van der Waals surface area contributed by atoms with Gasteiger partial charge in [-0.25, -0.2) is 0 Å². The Morgan fingerprint density at radius 3 is 1.28 bits per heavy atom. The van der Waals surface area contributed by atoms with E-state index in [4.69, 9.17) is 37.6 Å². The van der Waals surface area contributed by atoms with Crippen molar-refractivity contribution < 1.29 is 46.2 Å². The molecular formula is C42H50Cl2N2O6Ti. The van der Waals surface area contributed by atoms with Gasteiger partial charge in [0, 0.05) is 46.8 Å². The predicted molar refractivity (Wildman–Crippen MR) is 217 cm³/mol. The topological polar surface area (TPSA) is 102 Å². The second kappa shape index (κ2) is 22.1. The molecule has 282 valence electrons. The van der Waals surface area contributed by atoms with E-state index in [0.717, 1.165) is 34.0 Å². The molecule has 4 aromatic carbocycles. The zero-order chi connectivity index (χ0) is 39.6. The molecule has 0 bridgehead atoms. The second-order valence-corrected chi connectivity index (χ2v) is 16.1. The van der Waals surface area contributed by atoms with Gasteiger partial charge in [0.05, 0.1) is 25.6 Å². The standard InChI is InChI=1S/2C21H25NO3.2ClH.Ti/c2*1-6-10-25-17-9-7-8-16(12-17)22-14-15-11-18(24-5)13-19(20(15)23)21(2,3)4;;;/h2*6-9,11-14,23H,1,10H2,2-5H3;2*1H;/q;;;;+2/p-2. The molecule has 4 rings (SSSR count). The first-order valence-electron chi connectivity index (χ1n) is 16.7. The Labute approximate surface area is 331 Å². The van der Waals surface area contributed by atoms with Crippen LogP contribution in [0.3, 0.4) is 0 Å². The van der Waals surface area contributed by atoms with Gasteiger partial charge in [0.2, 0.25) is 0 Å². The van der Waals surface area contributed by atoms with Gasteiger partial charge in [-0.2, -0.15) is 0 Å². The van der Waals surface area contributed by atoms with E-state index in [1.807, 2.05) is 102 Å². The molecule has 0 aliphatic heterocycles. The van der Waals surface area contributed by atoms with Crippen molar-refractivity contribution in [3.63, 3.8) is 0 Å². The molecule has 2 N–H and O–H groups in total. The fourth-order valence-corrected chi connectivity index (χ4v) is 4.74. The van der Waals surface area contributed by atoms with Gasteiger partial charge in [-0.05, 0) is 59.4 Å². The maximum absolute atomic E-state index is 10.6. The maximum atomic E-state index is 10.6. The van der Waals surface area contributed by atoms with E-state index in [0.29, 0.717) is 35.8 Å². The van der Waals surface area contributed by atoms with Crippen LogP contribution < -0.4 is 18.9 Å². The first-order valence-corrected chi connectivity index (χ1v) is 21.0. The van der Waals surface area contributed by atoms with E-state index >= 15 is 0 Å². The molecule has 8 nitrogen and oxygen atoms in total. The number of aliphatic imine (C=N–C) groups is 2. The summed E-state index contributed by atoms with van der Waals surface area (Å²) in [6.07, 6.45) is 6.66. The zero-order valence-electron chi connectivity index (χ0n) is 31.7. The Hall–Kier alpha value is -4.21. The summed E-state index contributed by atoms with van der Waals surface area (Å²) in [4.78, 5) is 8.92. The van der Waals surface area contributed by atoms with Crippen molar-refractivity contribution in [2.24, 2.45) is 9.98 Å². The van der Waals surface area contributed by atoms with Gasteiger partial charge in [0.25, 0.3) is 0 Å². The van der Waals surface area contributed by atoms with Crippen LogP contribution >= 0.6 is 18.6 Å². The molecule has 0 aromatic heterocycles. The van der Waals surface area contributed by atoms with Crippen molar-refractivity contribution in [2.45, 2.75) is 52.4 Å². The van der Waals surface area contributed by atoms with Crippen LogP contribution in [-0.2, 0) is 27.9 Å². The normalized spacial score (nSPS) is 11.1. The number of benzene rings is 4. The van der Waals surface area contributed by atoms with Crippen LogP contribution in [0.5, 0.6) is 34.5 Å². The van der Waals surface area contributed by atoms with E-state index < -0.39 is 17.0 Å². The van der Waals surface area contributed by atoms with Crippen molar-refractivity contribution in [3.8, 4) is 34.5 Å². The van der Waals surface area contributed by atoms with Crippen LogP contribution in [0, 0.1) is 0 Å². The molecular weight excluding hydrogens is 747 g/mol. The van der Waals surface area contributed by atoms with Crippen molar-refractivity contribution >= 4 is 42.4 Å². The van der Waals surface area contributed by atoms with E-state index in [1.54, 1.807) is 50.9 Å². The Morgan fingerprint density at radius 2 is 0.981 bits per heavy atom. The number of halogens is 2. The Kier molecular flexibility index (Phi) is 18.8. The van der Waals surface area contributed by atoms with Gasteiger partial charge in [0.15, 0.2) is 0 Å². The minimum absolute atomic E-state index is 0.209. The third-order valence-electron chi connectivity index (χ3n) is 7.39. The first kappa shape index (κ1) is 45.0. The summed E-state index contributed by atoms with van der Waals surface area (Å²) in [5.41, 5.74) is 3.91. The van der Waals surface area contributed by atoms with Crippen molar-refractivity contribution in [1.29, 1.82) is 0 Å². The molecule has 0 radical (unpaired) electrons. The molecule has 0 aliphatic carbocycles. The predicted octanol–water partition coefficient (Wildman–Crippen LogP) is 11.4. The third kappa shape index (κ3) is 15.0. The summed E-state index contributed by atoms with van der Waals surface area (Å²) in [5, 5.41) is 21.2. The Morgan fingerprint density at radius 1 is 0.623 bits per heavy atom. The van der Waals surface area contributed by atoms with E-state index in [9.17, 15) is 10.2 Å². The number of hydrogen-bond donors (Lipinski definition) is 2. The second-order valence-electron chi connectivity index (χ2n) is 13.5. The first-order chi connectivity index (χ1) is 25.1. The van der Waals surface area contributed by atoms with E-state index in [2.05, 4.69) is 23.1 Å². The number of methoxy groups -OCH3 is 2. The molecule has 0 amide bonds. The summed E-state index contributed by atoms with van der Waals surface area (Å²) in [6, 6.07) is 22.1. The van der Waals surface area contributed by atoms with Gasteiger partial charge in [-0.15, -0.1) is 0 Å². The molecule has 4 aromatic rings. The number of hydrogen-bond acceptors (Lipinski definition) is 8. The quantitative estimate of drug-likeness (QED) is 0.0841. The molecule has 11 heteroatoms. The Bertz CT molecular complexity index is 1720. The fourth-order valence-electron chi connectivity index (χ4n) is 4.74. The molecule has 0 unspecified atom stereocenters. The summed E-state index contributed by atoms with van der Waals surface area (Å²) in [6.45, 7) is 20.4. The molecule has 53 heavy (non-hydrogen) atoms. The number of nitrogens with zero attached hydrogens (tertiary/aromatic N) is 2. The van der Waals surface area contributed by atoms with Gasteiger partial charge in [-0.3, -0.25) is 9.98 Å². The Balaban J connectivity index is 0.000000341. The third-order valence-corrected chi connectivity index (χ3v) is 7.39. The number of aromatic hydroxyl groups is 2. The molecule has 0 saturated heterocycles. The molecule has 0 saturated carbocycles. The summed E-state index contributed by atoms with van der Waals surface area (Å²) < 4.78 is 21.7. The monoisotopic (exact) mass is 796 g/mol. The van der Waals surface area contributed by atoms with Gasteiger partial charge < -0.3 is 29.2 Å². The van der Waals surface area contributed by atoms with E-state index in [-0.39, 0.29) is 22.3 Å². The molecule has 0 heterocycles. The molecule has 0 fully saturated rings. The average molecular weight is 798 g/mol. The van der Waals surface area contributed by atoms with Crippen LogP contribution in [0.1, 0.15) is 63.8 Å². The average Bonchev–Trinajstić information content (AvgIpc) is 3.12. The van der Waals surface area contributed by atoms with Gasteiger partial charge in [0.1, 0.15) is 47.7 Å². The number of phenolic OH excluding ortho intramolecular Hbond substituents is 2. The van der Waals surface area contributed by atoms with Crippen molar-refractivity contribution in [3.05, 3.63) is 120 Å². The number of ether oxygens (including phenoxy) is 4.